The summed E-state index contributed by atoms with van der Waals surface area (Å²) < 4.78 is 5.55. The summed E-state index contributed by atoms with van der Waals surface area (Å²) in [7, 11) is 1.61. The minimum Gasteiger partial charge on any atom is -0.496 e. The van der Waals surface area contributed by atoms with E-state index in [0.717, 1.165) is 36.1 Å². The molecule has 2 heterocycles. The number of hydrogen-bond donors (Lipinski definition) is 1. The van der Waals surface area contributed by atoms with Crippen LogP contribution in [0.25, 0.3) is 0 Å². The van der Waals surface area contributed by atoms with E-state index >= 15 is 0 Å². The zero-order valence-electron chi connectivity index (χ0n) is 19.5. The number of nitrogens with zero attached hydrogens (tertiary/aromatic N) is 2. The molecule has 0 aliphatic heterocycles. The Morgan fingerprint density at radius 1 is 1.09 bits per heavy atom. The summed E-state index contributed by atoms with van der Waals surface area (Å²) in [6.07, 6.45) is 7.26. The number of benzene rings is 1. The second kappa shape index (κ2) is 11.8. The van der Waals surface area contributed by atoms with Gasteiger partial charge in [0, 0.05) is 22.7 Å². The lowest BCUT2D eigenvalue weighted by Gasteiger charge is -2.33. The van der Waals surface area contributed by atoms with Crippen molar-refractivity contribution in [2.45, 2.75) is 57.2 Å². The van der Waals surface area contributed by atoms with Gasteiger partial charge in [-0.1, -0.05) is 49.6 Å². The number of para-hydroxylation sites is 1. The standard InChI is InChI=1S/C27H31N3O3S/c1-33-24-15-6-5-10-20(24)19-30(25(31)18-22-13-9-17-34-22)26(23-14-7-8-16-28-23)27(32)29-21-11-3-2-4-12-21/h5-10,13-17,21,26H,2-4,11-12,18-19H2,1H3,(H,29,32)/t26-/m1/s1. The van der Waals surface area contributed by atoms with Crippen molar-refractivity contribution in [3.63, 3.8) is 0 Å². The van der Waals surface area contributed by atoms with Gasteiger partial charge in [-0.25, -0.2) is 0 Å². The van der Waals surface area contributed by atoms with Crippen LogP contribution in [0.15, 0.2) is 66.2 Å². The molecule has 1 aliphatic carbocycles. The van der Waals surface area contributed by atoms with E-state index in [1.165, 1.54) is 17.8 Å². The Hall–Kier alpha value is -3.19. The molecule has 7 heteroatoms. The number of rotatable bonds is 9. The number of nitrogens with one attached hydrogen (secondary N) is 1. The van der Waals surface area contributed by atoms with Crippen LogP contribution in [0.1, 0.15) is 54.3 Å². The lowest BCUT2D eigenvalue weighted by Crippen LogP contribution is -2.47. The Morgan fingerprint density at radius 2 is 1.88 bits per heavy atom. The first kappa shape index (κ1) is 24.0. The van der Waals surface area contributed by atoms with Crippen molar-refractivity contribution < 1.29 is 14.3 Å². The maximum absolute atomic E-state index is 13.7. The van der Waals surface area contributed by atoms with Crippen LogP contribution >= 0.6 is 11.3 Å². The molecule has 1 aliphatic rings. The number of ether oxygens (including phenoxy) is 1. The van der Waals surface area contributed by atoms with Gasteiger partial charge < -0.3 is 15.0 Å². The van der Waals surface area contributed by atoms with Crippen molar-refractivity contribution in [1.29, 1.82) is 0 Å². The molecule has 1 N–H and O–H groups in total. The summed E-state index contributed by atoms with van der Waals surface area (Å²) in [6, 6.07) is 16.3. The minimum atomic E-state index is -0.833. The molecule has 6 nitrogen and oxygen atoms in total. The molecule has 1 fully saturated rings. The topological polar surface area (TPSA) is 71.5 Å². The quantitative estimate of drug-likeness (QED) is 0.475. The summed E-state index contributed by atoms with van der Waals surface area (Å²) in [5, 5.41) is 5.18. The van der Waals surface area contributed by atoms with Crippen LogP contribution in [0.5, 0.6) is 5.75 Å². The van der Waals surface area contributed by atoms with Gasteiger partial charge in [-0.2, -0.15) is 0 Å². The van der Waals surface area contributed by atoms with Crippen LogP contribution in [0.2, 0.25) is 0 Å². The highest BCUT2D eigenvalue weighted by atomic mass is 32.1. The van der Waals surface area contributed by atoms with Gasteiger partial charge in [0.15, 0.2) is 6.04 Å². The van der Waals surface area contributed by atoms with E-state index in [2.05, 4.69) is 10.3 Å². The number of hydrogen-bond acceptors (Lipinski definition) is 5. The lowest BCUT2D eigenvalue weighted by molar-refractivity contribution is -0.141. The van der Waals surface area contributed by atoms with E-state index in [1.807, 2.05) is 60.0 Å². The van der Waals surface area contributed by atoms with Gasteiger partial charge in [0.2, 0.25) is 11.8 Å². The van der Waals surface area contributed by atoms with Crippen molar-refractivity contribution in [3.8, 4) is 5.75 Å². The summed E-state index contributed by atoms with van der Waals surface area (Å²) in [5.41, 5.74) is 1.40. The second-order valence-corrected chi connectivity index (χ2v) is 9.62. The molecule has 1 aromatic carbocycles. The van der Waals surface area contributed by atoms with Gasteiger partial charge in [0.05, 0.1) is 25.8 Å². The zero-order valence-corrected chi connectivity index (χ0v) is 20.3. The number of amides is 2. The number of carbonyl (C=O) groups is 2. The minimum absolute atomic E-state index is 0.122. The maximum atomic E-state index is 13.7. The summed E-state index contributed by atoms with van der Waals surface area (Å²) in [5.74, 6) is 0.381. The molecule has 1 saturated carbocycles. The Bertz CT molecular complexity index is 1070. The summed E-state index contributed by atoms with van der Waals surface area (Å²) in [4.78, 5) is 34.5. The Kier molecular flexibility index (Phi) is 8.31. The van der Waals surface area contributed by atoms with Gasteiger partial charge >= 0.3 is 0 Å². The van der Waals surface area contributed by atoms with Crippen molar-refractivity contribution in [2.24, 2.45) is 0 Å². The molecule has 34 heavy (non-hydrogen) atoms. The normalized spacial score (nSPS) is 14.9. The van der Waals surface area contributed by atoms with E-state index in [4.69, 9.17) is 4.74 Å². The molecule has 2 aromatic heterocycles. The number of thiophene rings is 1. The van der Waals surface area contributed by atoms with Gasteiger partial charge in [-0.05, 0) is 42.5 Å². The molecular weight excluding hydrogens is 446 g/mol. The fraction of sp³-hybridized carbons (Fsp3) is 0.370. The van der Waals surface area contributed by atoms with Gasteiger partial charge in [0.1, 0.15) is 5.75 Å². The van der Waals surface area contributed by atoms with Crippen LogP contribution in [0, 0.1) is 0 Å². The third kappa shape index (κ3) is 6.03. The molecule has 0 radical (unpaired) electrons. The fourth-order valence-electron chi connectivity index (χ4n) is 4.50. The third-order valence-electron chi connectivity index (χ3n) is 6.24. The third-order valence-corrected chi connectivity index (χ3v) is 7.12. The molecular formula is C27H31N3O3S. The first-order valence-electron chi connectivity index (χ1n) is 11.8. The van der Waals surface area contributed by atoms with Crippen LogP contribution in [0.3, 0.4) is 0 Å². The second-order valence-electron chi connectivity index (χ2n) is 8.59. The van der Waals surface area contributed by atoms with Crippen molar-refractivity contribution >= 4 is 23.2 Å². The first-order valence-corrected chi connectivity index (χ1v) is 12.7. The van der Waals surface area contributed by atoms with E-state index < -0.39 is 6.04 Å². The number of methoxy groups -OCH3 is 1. The number of pyridine rings is 1. The average Bonchev–Trinajstić information content (AvgIpc) is 3.38. The largest absolute Gasteiger partial charge is 0.496 e. The SMILES string of the molecule is COc1ccccc1CN(C(=O)Cc1cccs1)[C@@H](C(=O)NC1CCCCC1)c1ccccn1. The predicted octanol–water partition coefficient (Wildman–Crippen LogP) is 4.91. The van der Waals surface area contributed by atoms with Gasteiger partial charge in [-0.3, -0.25) is 14.6 Å². The Balaban J connectivity index is 1.69. The summed E-state index contributed by atoms with van der Waals surface area (Å²) >= 11 is 1.54. The molecule has 0 spiro atoms. The van der Waals surface area contributed by atoms with Crippen LogP contribution in [-0.4, -0.2) is 34.8 Å². The lowest BCUT2D eigenvalue weighted by atomic mass is 9.95. The van der Waals surface area contributed by atoms with Crippen molar-refractivity contribution in [3.05, 3.63) is 82.3 Å². The monoisotopic (exact) mass is 477 g/mol. The molecule has 2 amide bonds. The maximum Gasteiger partial charge on any atom is 0.249 e. The molecule has 178 valence electrons. The van der Waals surface area contributed by atoms with Gasteiger partial charge in [0.25, 0.3) is 0 Å². The highest BCUT2D eigenvalue weighted by Crippen LogP contribution is 2.28. The van der Waals surface area contributed by atoms with Crippen LogP contribution < -0.4 is 10.1 Å². The predicted molar refractivity (Wildman–Crippen MR) is 134 cm³/mol. The molecule has 3 aromatic rings. The highest BCUT2D eigenvalue weighted by Gasteiger charge is 2.34. The van der Waals surface area contributed by atoms with Crippen molar-refractivity contribution in [2.75, 3.05) is 7.11 Å². The van der Waals surface area contributed by atoms with Crippen LogP contribution in [-0.2, 0) is 22.6 Å². The van der Waals surface area contributed by atoms with E-state index in [9.17, 15) is 9.59 Å². The Morgan fingerprint density at radius 3 is 2.59 bits per heavy atom. The fourth-order valence-corrected chi connectivity index (χ4v) is 5.20. The van der Waals surface area contributed by atoms with E-state index in [-0.39, 0.29) is 30.8 Å². The zero-order chi connectivity index (χ0) is 23.8. The number of aromatic nitrogens is 1. The Labute approximate surface area is 205 Å². The van der Waals surface area contributed by atoms with Crippen molar-refractivity contribution in [1.82, 2.24) is 15.2 Å². The average molecular weight is 478 g/mol. The first-order chi connectivity index (χ1) is 16.7. The van der Waals surface area contributed by atoms with E-state index in [1.54, 1.807) is 18.2 Å². The van der Waals surface area contributed by atoms with E-state index in [0.29, 0.717) is 11.4 Å². The van der Waals surface area contributed by atoms with Gasteiger partial charge in [-0.15, -0.1) is 11.3 Å². The molecule has 0 saturated heterocycles. The molecule has 1 atom stereocenters. The molecule has 4 rings (SSSR count). The molecule has 0 unspecified atom stereocenters. The highest BCUT2D eigenvalue weighted by molar-refractivity contribution is 7.10. The molecule has 0 bridgehead atoms. The van der Waals surface area contributed by atoms with Crippen LogP contribution in [0.4, 0.5) is 0 Å². The number of carbonyl (C=O) groups excluding carboxylic acids is 2. The summed E-state index contributed by atoms with van der Waals surface area (Å²) in [6.45, 7) is 0.244. The smallest absolute Gasteiger partial charge is 0.249 e.